The van der Waals surface area contributed by atoms with Gasteiger partial charge in [0.25, 0.3) is 0 Å². The number of halogens is 1. The van der Waals surface area contributed by atoms with E-state index in [4.69, 9.17) is 16.3 Å². The Morgan fingerprint density at radius 1 is 0.944 bits per heavy atom. The van der Waals surface area contributed by atoms with E-state index in [1.165, 1.54) is 4.68 Å². The molecule has 36 heavy (non-hydrogen) atoms. The van der Waals surface area contributed by atoms with Gasteiger partial charge in [-0.1, -0.05) is 35.9 Å². The molecule has 184 valence electrons. The zero-order valence-corrected chi connectivity index (χ0v) is 20.8. The predicted molar refractivity (Wildman–Crippen MR) is 142 cm³/mol. The number of ether oxygens (including phenoxy) is 1. The van der Waals surface area contributed by atoms with E-state index in [1.54, 1.807) is 47.5 Å². The van der Waals surface area contributed by atoms with Crippen LogP contribution in [-0.4, -0.2) is 47.6 Å². The lowest BCUT2D eigenvalue weighted by atomic mass is 10.1. The Kier molecular flexibility index (Phi) is 6.93. The Morgan fingerprint density at radius 2 is 1.56 bits per heavy atom. The molecule has 0 spiro atoms. The van der Waals surface area contributed by atoms with Crippen molar-refractivity contribution in [1.29, 1.82) is 0 Å². The van der Waals surface area contributed by atoms with Crippen molar-refractivity contribution in [3.05, 3.63) is 94.4 Å². The van der Waals surface area contributed by atoms with E-state index < -0.39 is 0 Å². The summed E-state index contributed by atoms with van der Waals surface area (Å²) in [5, 5.41) is 14.6. The number of aromatic nitrogens is 2. The number of hydrogen-bond donors (Lipinski definition) is 2. The van der Waals surface area contributed by atoms with Gasteiger partial charge >= 0.3 is 5.56 Å². The van der Waals surface area contributed by atoms with Crippen molar-refractivity contribution < 1.29 is 14.7 Å². The molecule has 8 heteroatoms. The fourth-order valence-electron chi connectivity index (χ4n) is 4.42. The molecule has 3 aromatic carbocycles. The summed E-state index contributed by atoms with van der Waals surface area (Å²) < 4.78 is 7.60. The van der Waals surface area contributed by atoms with Crippen molar-refractivity contribution in [2.24, 2.45) is 0 Å². The molecule has 2 heterocycles. The largest absolute Gasteiger partial charge is 0.508 e. The average Bonchev–Trinajstić information content (AvgIpc) is 2.91. The van der Waals surface area contributed by atoms with Crippen molar-refractivity contribution in [3.8, 4) is 34.1 Å². The lowest BCUT2D eigenvalue weighted by molar-refractivity contribution is -0.898. The number of benzene rings is 3. The Labute approximate surface area is 214 Å². The van der Waals surface area contributed by atoms with Crippen LogP contribution in [-0.2, 0) is 0 Å². The van der Waals surface area contributed by atoms with Crippen molar-refractivity contribution in [2.75, 3.05) is 37.6 Å². The van der Waals surface area contributed by atoms with Gasteiger partial charge in [0.2, 0.25) is 5.75 Å². The maximum Gasteiger partial charge on any atom is 0.316 e. The lowest BCUT2D eigenvalue weighted by Crippen LogP contribution is -3.14. The summed E-state index contributed by atoms with van der Waals surface area (Å²) >= 11 is 6.04. The van der Waals surface area contributed by atoms with E-state index in [-0.39, 0.29) is 17.1 Å². The number of phenols is 1. The van der Waals surface area contributed by atoms with E-state index in [0.29, 0.717) is 22.1 Å². The molecule has 1 saturated heterocycles. The highest BCUT2D eigenvalue weighted by Crippen LogP contribution is 2.31. The first-order chi connectivity index (χ1) is 17.5. The number of hydrogen-bond acceptors (Lipinski definition) is 5. The Bertz CT molecular complexity index is 1380. The molecule has 1 fully saturated rings. The molecular formula is C28H28ClN4O3+. The van der Waals surface area contributed by atoms with Crippen LogP contribution in [0.1, 0.15) is 6.92 Å². The number of phenolic OH excluding ortho intramolecular Hbond substituents is 1. The van der Waals surface area contributed by atoms with Crippen molar-refractivity contribution in [3.63, 3.8) is 0 Å². The van der Waals surface area contributed by atoms with Crippen LogP contribution in [0, 0.1) is 0 Å². The number of aromatic hydroxyl groups is 1. The maximum absolute atomic E-state index is 13.6. The minimum atomic E-state index is -0.331. The molecule has 5 rings (SSSR count). The van der Waals surface area contributed by atoms with Crippen LogP contribution < -0.4 is 20.1 Å². The topological polar surface area (TPSA) is 72.0 Å². The van der Waals surface area contributed by atoms with E-state index in [2.05, 4.69) is 16.9 Å². The quantitative estimate of drug-likeness (QED) is 0.419. The molecule has 7 nitrogen and oxygen atoms in total. The highest BCUT2D eigenvalue weighted by atomic mass is 35.5. The molecule has 0 radical (unpaired) electrons. The van der Waals surface area contributed by atoms with Gasteiger partial charge in [0.1, 0.15) is 17.2 Å². The number of piperazine rings is 1. The molecule has 0 aliphatic carbocycles. The van der Waals surface area contributed by atoms with Crippen LogP contribution in [0.4, 0.5) is 5.69 Å². The fraction of sp³-hybridized carbons (Fsp3) is 0.214. The third-order valence-corrected chi connectivity index (χ3v) is 6.82. The second kappa shape index (κ2) is 10.4. The second-order valence-corrected chi connectivity index (χ2v) is 9.25. The molecule has 0 saturated carbocycles. The summed E-state index contributed by atoms with van der Waals surface area (Å²) in [4.78, 5) is 17.4. The van der Waals surface area contributed by atoms with Crippen LogP contribution in [0.15, 0.2) is 83.8 Å². The highest BCUT2D eigenvalue weighted by molar-refractivity contribution is 6.30. The second-order valence-electron chi connectivity index (χ2n) is 8.82. The third-order valence-electron chi connectivity index (χ3n) is 6.57. The molecule has 1 aliphatic heterocycles. The van der Waals surface area contributed by atoms with Crippen LogP contribution in [0.2, 0.25) is 5.02 Å². The summed E-state index contributed by atoms with van der Waals surface area (Å²) in [5.74, 6) is 1.03. The van der Waals surface area contributed by atoms with Gasteiger partial charge in [-0.25, -0.2) is 0 Å². The fourth-order valence-corrected chi connectivity index (χ4v) is 4.55. The first kappa shape index (κ1) is 23.9. The number of likely N-dealkylation sites (N-methyl/N-ethyl adjacent to an activating group) is 1. The van der Waals surface area contributed by atoms with Gasteiger partial charge in [-0.3, -0.25) is 4.79 Å². The van der Waals surface area contributed by atoms with Gasteiger partial charge < -0.3 is 19.6 Å². The summed E-state index contributed by atoms with van der Waals surface area (Å²) in [6.07, 6.45) is 1.72. The minimum Gasteiger partial charge on any atom is -0.508 e. The van der Waals surface area contributed by atoms with Crippen LogP contribution in [0.25, 0.3) is 16.8 Å². The average molecular weight is 504 g/mol. The Balaban J connectivity index is 1.49. The van der Waals surface area contributed by atoms with Gasteiger partial charge in [0, 0.05) is 5.02 Å². The van der Waals surface area contributed by atoms with Gasteiger partial charge in [0.15, 0.2) is 0 Å². The third kappa shape index (κ3) is 5.08. The Morgan fingerprint density at radius 3 is 2.17 bits per heavy atom. The van der Waals surface area contributed by atoms with Crippen LogP contribution >= 0.6 is 11.6 Å². The molecule has 0 unspecified atom stereocenters. The van der Waals surface area contributed by atoms with Gasteiger partial charge in [-0.05, 0) is 66.6 Å². The normalized spacial score (nSPS) is 14.1. The van der Waals surface area contributed by atoms with Crippen molar-refractivity contribution >= 4 is 17.3 Å². The first-order valence-electron chi connectivity index (χ1n) is 12.1. The van der Waals surface area contributed by atoms with E-state index in [0.717, 1.165) is 43.9 Å². The standard InChI is InChI=1S/C28H27ClN4O3/c1-2-31-15-17-32(18-16-31)26-19-30-33(23-9-7-22(29)8-10-23)28(35)27(26)36-25-13-5-21(6-14-25)20-3-11-24(34)12-4-20/h3-14,19,34H,2,15-18H2,1H3/p+1. The molecule has 1 aromatic heterocycles. The minimum absolute atomic E-state index is 0.224. The molecule has 0 atom stereocenters. The summed E-state index contributed by atoms with van der Waals surface area (Å²) in [6, 6.07) is 21.6. The van der Waals surface area contributed by atoms with Crippen molar-refractivity contribution in [1.82, 2.24) is 9.78 Å². The number of anilines is 1. The van der Waals surface area contributed by atoms with Crippen LogP contribution in [0.3, 0.4) is 0 Å². The van der Waals surface area contributed by atoms with Crippen molar-refractivity contribution in [2.45, 2.75) is 6.92 Å². The first-order valence-corrected chi connectivity index (χ1v) is 12.4. The summed E-state index contributed by atoms with van der Waals surface area (Å²) in [5.41, 5.74) is 2.94. The van der Waals surface area contributed by atoms with Gasteiger partial charge in [-0.15, -0.1) is 0 Å². The van der Waals surface area contributed by atoms with E-state index in [9.17, 15) is 9.90 Å². The number of nitrogens with zero attached hydrogens (tertiary/aromatic N) is 3. The van der Waals surface area contributed by atoms with E-state index >= 15 is 0 Å². The molecule has 0 amide bonds. The van der Waals surface area contributed by atoms with Crippen LogP contribution in [0.5, 0.6) is 17.2 Å². The zero-order valence-electron chi connectivity index (χ0n) is 20.0. The van der Waals surface area contributed by atoms with Gasteiger partial charge in [-0.2, -0.15) is 9.78 Å². The monoisotopic (exact) mass is 503 g/mol. The molecule has 0 bridgehead atoms. The van der Waals surface area contributed by atoms with E-state index in [1.807, 2.05) is 36.4 Å². The number of rotatable bonds is 6. The Hall–Kier alpha value is -3.81. The van der Waals surface area contributed by atoms with Gasteiger partial charge in [0.05, 0.1) is 44.6 Å². The zero-order chi connectivity index (χ0) is 25.1. The maximum atomic E-state index is 13.6. The molecule has 1 aliphatic rings. The predicted octanol–water partition coefficient (Wildman–Crippen LogP) is 3.78. The smallest absolute Gasteiger partial charge is 0.316 e. The summed E-state index contributed by atoms with van der Waals surface area (Å²) in [7, 11) is 0. The SMILES string of the molecule is CC[NH+]1CCN(c2cnn(-c3ccc(Cl)cc3)c(=O)c2Oc2ccc(-c3ccc(O)cc3)cc2)CC1. The number of nitrogens with one attached hydrogen (secondary N) is 1. The molecular weight excluding hydrogens is 476 g/mol. The molecule has 4 aromatic rings. The molecule has 2 N–H and O–H groups in total. The number of quaternary nitrogens is 1. The summed E-state index contributed by atoms with van der Waals surface area (Å²) in [6.45, 7) is 6.92. The lowest BCUT2D eigenvalue weighted by Gasteiger charge is -2.33. The highest BCUT2D eigenvalue weighted by Gasteiger charge is 2.25.